The first-order valence-corrected chi connectivity index (χ1v) is 7.27. The molecule has 0 aromatic carbocycles. The van der Waals surface area contributed by atoms with Gasteiger partial charge in [-0.3, -0.25) is 4.90 Å². The Bertz CT molecular complexity index is 201. The van der Waals surface area contributed by atoms with E-state index in [0.717, 1.165) is 18.0 Å². The Morgan fingerprint density at radius 2 is 2.06 bits per heavy atom. The van der Waals surface area contributed by atoms with Crippen molar-refractivity contribution < 1.29 is 0 Å². The molecule has 2 aliphatic rings. The zero-order valence-corrected chi connectivity index (χ0v) is 11.0. The van der Waals surface area contributed by atoms with Crippen LogP contribution >= 0.6 is 0 Å². The molecule has 1 N–H and O–H groups in total. The van der Waals surface area contributed by atoms with Crippen molar-refractivity contribution in [2.75, 3.05) is 19.6 Å². The van der Waals surface area contributed by atoms with Crippen LogP contribution in [0.1, 0.15) is 52.4 Å². The molecule has 0 aromatic heterocycles. The van der Waals surface area contributed by atoms with E-state index < -0.39 is 0 Å². The molecule has 0 spiro atoms. The Kier molecular flexibility index (Phi) is 4.66. The van der Waals surface area contributed by atoms with Crippen LogP contribution in [-0.4, -0.2) is 36.6 Å². The molecule has 2 nitrogen and oxygen atoms in total. The number of piperidine rings is 1. The van der Waals surface area contributed by atoms with E-state index in [1.54, 1.807) is 0 Å². The van der Waals surface area contributed by atoms with Gasteiger partial charge >= 0.3 is 0 Å². The number of rotatable bonds is 5. The highest BCUT2D eigenvalue weighted by atomic mass is 15.2. The van der Waals surface area contributed by atoms with E-state index >= 15 is 0 Å². The maximum Gasteiger partial charge on any atom is 0.0195 e. The van der Waals surface area contributed by atoms with Crippen molar-refractivity contribution in [2.24, 2.45) is 5.92 Å². The third kappa shape index (κ3) is 3.21. The number of hydrogen-bond donors (Lipinski definition) is 1. The molecular weight excluding hydrogens is 196 g/mol. The van der Waals surface area contributed by atoms with Gasteiger partial charge in [-0.1, -0.05) is 13.3 Å². The molecule has 1 heterocycles. The van der Waals surface area contributed by atoms with Crippen molar-refractivity contribution in [3.63, 3.8) is 0 Å². The smallest absolute Gasteiger partial charge is 0.0195 e. The van der Waals surface area contributed by atoms with Crippen molar-refractivity contribution in [1.82, 2.24) is 10.2 Å². The molecule has 94 valence electrons. The summed E-state index contributed by atoms with van der Waals surface area (Å²) in [4.78, 5) is 2.67. The van der Waals surface area contributed by atoms with Gasteiger partial charge in [0.05, 0.1) is 0 Å². The molecule has 2 unspecified atom stereocenters. The standard InChI is InChI=1S/C14H28N2/c1-3-12(2)16-9-5-8-14(11-16)15-10-13-6-4-7-13/h12-15H,3-11H2,1-2H3. The van der Waals surface area contributed by atoms with Crippen LogP contribution < -0.4 is 5.32 Å². The summed E-state index contributed by atoms with van der Waals surface area (Å²) in [6.45, 7) is 8.54. The number of nitrogens with zero attached hydrogens (tertiary/aromatic N) is 1. The van der Waals surface area contributed by atoms with E-state index in [1.165, 1.54) is 58.2 Å². The van der Waals surface area contributed by atoms with Gasteiger partial charge in [-0.05, 0) is 58.0 Å². The quantitative estimate of drug-likeness (QED) is 0.772. The summed E-state index contributed by atoms with van der Waals surface area (Å²) in [5.41, 5.74) is 0. The lowest BCUT2D eigenvalue weighted by atomic mass is 9.85. The summed E-state index contributed by atoms with van der Waals surface area (Å²) in [7, 11) is 0. The van der Waals surface area contributed by atoms with Crippen molar-refractivity contribution in [3.8, 4) is 0 Å². The first kappa shape index (κ1) is 12.4. The van der Waals surface area contributed by atoms with Crippen LogP contribution in [-0.2, 0) is 0 Å². The Morgan fingerprint density at radius 1 is 1.25 bits per heavy atom. The third-order valence-electron chi connectivity index (χ3n) is 4.59. The molecular formula is C14H28N2. The average Bonchev–Trinajstić information content (AvgIpc) is 2.26. The van der Waals surface area contributed by atoms with E-state index in [0.29, 0.717) is 0 Å². The largest absolute Gasteiger partial charge is 0.312 e. The van der Waals surface area contributed by atoms with Crippen LogP contribution in [0.5, 0.6) is 0 Å². The van der Waals surface area contributed by atoms with Gasteiger partial charge in [0.25, 0.3) is 0 Å². The molecule has 0 amide bonds. The fourth-order valence-electron chi connectivity index (χ4n) is 2.86. The predicted molar refractivity (Wildman–Crippen MR) is 69.7 cm³/mol. The van der Waals surface area contributed by atoms with Crippen LogP contribution in [0.15, 0.2) is 0 Å². The molecule has 16 heavy (non-hydrogen) atoms. The summed E-state index contributed by atoms with van der Waals surface area (Å²) in [6, 6.07) is 1.54. The zero-order chi connectivity index (χ0) is 11.4. The third-order valence-corrected chi connectivity index (χ3v) is 4.59. The van der Waals surface area contributed by atoms with Gasteiger partial charge < -0.3 is 5.32 Å². The van der Waals surface area contributed by atoms with E-state index in [2.05, 4.69) is 24.1 Å². The molecule has 1 saturated carbocycles. The van der Waals surface area contributed by atoms with Crippen LogP contribution in [0.2, 0.25) is 0 Å². The average molecular weight is 224 g/mol. The molecule has 0 radical (unpaired) electrons. The minimum Gasteiger partial charge on any atom is -0.312 e. The molecule has 2 heteroatoms. The lowest BCUT2D eigenvalue weighted by Crippen LogP contribution is -2.49. The van der Waals surface area contributed by atoms with Gasteiger partial charge in [0, 0.05) is 18.6 Å². The van der Waals surface area contributed by atoms with Crippen molar-refractivity contribution in [2.45, 2.75) is 64.5 Å². The molecule has 2 fully saturated rings. The summed E-state index contributed by atoms with van der Waals surface area (Å²) in [5, 5.41) is 3.79. The SMILES string of the molecule is CCC(C)N1CCCC(NCC2CCC2)C1. The second kappa shape index (κ2) is 6.02. The van der Waals surface area contributed by atoms with E-state index in [9.17, 15) is 0 Å². The monoisotopic (exact) mass is 224 g/mol. The zero-order valence-electron chi connectivity index (χ0n) is 11.0. The van der Waals surface area contributed by atoms with Gasteiger partial charge in [0.1, 0.15) is 0 Å². The highest BCUT2D eigenvalue weighted by Gasteiger charge is 2.24. The molecule has 1 aliphatic heterocycles. The summed E-state index contributed by atoms with van der Waals surface area (Å²) in [5.74, 6) is 0.999. The van der Waals surface area contributed by atoms with E-state index in [1.807, 2.05) is 0 Å². The van der Waals surface area contributed by atoms with Gasteiger partial charge in [0.2, 0.25) is 0 Å². The summed E-state index contributed by atoms with van der Waals surface area (Å²) >= 11 is 0. The topological polar surface area (TPSA) is 15.3 Å². The van der Waals surface area contributed by atoms with E-state index in [4.69, 9.17) is 0 Å². The minimum atomic E-state index is 0.767. The lowest BCUT2D eigenvalue weighted by molar-refractivity contribution is 0.137. The second-order valence-electron chi connectivity index (χ2n) is 5.80. The first-order valence-electron chi connectivity index (χ1n) is 7.27. The second-order valence-corrected chi connectivity index (χ2v) is 5.80. The van der Waals surface area contributed by atoms with Crippen LogP contribution in [0.3, 0.4) is 0 Å². The van der Waals surface area contributed by atoms with Gasteiger partial charge in [-0.25, -0.2) is 0 Å². The summed E-state index contributed by atoms with van der Waals surface area (Å²) in [6.07, 6.45) is 8.46. The maximum absolute atomic E-state index is 3.79. The number of nitrogens with one attached hydrogen (secondary N) is 1. The van der Waals surface area contributed by atoms with E-state index in [-0.39, 0.29) is 0 Å². The minimum absolute atomic E-state index is 0.767. The van der Waals surface area contributed by atoms with Crippen LogP contribution in [0.25, 0.3) is 0 Å². The molecule has 0 aromatic rings. The Hall–Kier alpha value is -0.0800. The Morgan fingerprint density at radius 3 is 2.69 bits per heavy atom. The number of hydrogen-bond acceptors (Lipinski definition) is 2. The lowest BCUT2D eigenvalue weighted by Gasteiger charge is -2.38. The van der Waals surface area contributed by atoms with Gasteiger partial charge in [0.15, 0.2) is 0 Å². The highest BCUT2D eigenvalue weighted by molar-refractivity contribution is 4.82. The predicted octanol–water partition coefficient (Wildman–Crippen LogP) is 2.64. The fraction of sp³-hybridized carbons (Fsp3) is 1.00. The summed E-state index contributed by atoms with van der Waals surface area (Å²) < 4.78 is 0. The molecule has 1 saturated heterocycles. The van der Waals surface area contributed by atoms with Crippen molar-refractivity contribution in [3.05, 3.63) is 0 Å². The Labute approximate surface area is 101 Å². The van der Waals surface area contributed by atoms with Crippen molar-refractivity contribution in [1.29, 1.82) is 0 Å². The Balaban J connectivity index is 1.68. The molecule has 2 atom stereocenters. The van der Waals surface area contributed by atoms with Gasteiger partial charge in [-0.15, -0.1) is 0 Å². The molecule has 2 rings (SSSR count). The van der Waals surface area contributed by atoms with Crippen molar-refractivity contribution >= 4 is 0 Å². The normalized spacial score (nSPS) is 30.0. The van der Waals surface area contributed by atoms with Crippen LogP contribution in [0, 0.1) is 5.92 Å². The van der Waals surface area contributed by atoms with Crippen LogP contribution in [0.4, 0.5) is 0 Å². The first-order chi connectivity index (χ1) is 7.79. The molecule has 0 bridgehead atoms. The number of likely N-dealkylation sites (tertiary alicyclic amines) is 1. The fourth-order valence-corrected chi connectivity index (χ4v) is 2.86. The highest BCUT2D eigenvalue weighted by Crippen LogP contribution is 2.25. The maximum atomic E-state index is 3.79. The molecule has 1 aliphatic carbocycles. The van der Waals surface area contributed by atoms with Gasteiger partial charge in [-0.2, -0.15) is 0 Å².